The number of carbonyl (C=O) groups excluding carboxylic acids is 1. The van der Waals surface area contributed by atoms with Crippen LogP contribution in [-0.2, 0) is 14.8 Å². The third-order valence-electron chi connectivity index (χ3n) is 6.39. The Hall–Kier alpha value is -2.49. The van der Waals surface area contributed by atoms with Crippen molar-refractivity contribution in [1.82, 2.24) is 9.80 Å². The van der Waals surface area contributed by atoms with E-state index >= 15 is 0 Å². The molecule has 178 valence electrons. The maximum absolute atomic E-state index is 13.8. The Labute approximate surface area is 194 Å². The van der Waals surface area contributed by atoms with E-state index in [1.165, 1.54) is 42.5 Å². The van der Waals surface area contributed by atoms with Crippen LogP contribution >= 0.6 is 0 Å². The van der Waals surface area contributed by atoms with Gasteiger partial charge in [0.25, 0.3) is 15.9 Å². The van der Waals surface area contributed by atoms with Gasteiger partial charge in [0.05, 0.1) is 23.8 Å². The van der Waals surface area contributed by atoms with Crippen molar-refractivity contribution in [3.05, 3.63) is 59.9 Å². The van der Waals surface area contributed by atoms with Gasteiger partial charge in [-0.2, -0.15) is 0 Å². The third kappa shape index (κ3) is 6.10. The predicted octanol–water partition coefficient (Wildman–Crippen LogP) is 3.20. The molecular formula is C24H30FN3O4S. The lowest BCUT2D eigenvalue weighted by Crippen LogP contribution is -2.40. The zero-order chi connectivity index (χ0) is 23.3. The van der Waals surface area contributed by atoms with Gasteiger partial charge in [-0.05, 0) is 68.1 Å². The van der Waals surface area contributed by atoms with Crippen LogP contribution < -0.4 is 4.72 Å². The number of carbonyl (C=O) groups is 1. The maximum Gasteiger partial charge on any atom is 0.261 e. The monoisotopic (exact) mass is 475 g/mol. The summed E-state index contributed by atoms with van der Waals surface area (Å²) in [5, 5.41) is 0. The largest absolute Gasteiger partial charge is 0.379 e. The smallest absolute Gasteiger partial charge is 0.261 e. The van der Waals surface area contributed by atoms with E-state index in [4.69, 9.17) is 4.74 Å². The molecule has 0 aliphatic carbocycles. The highest BCUT2D eigenvalue weighted by atomic mass is 32.2. The van der Waals surface area contributed by atoms with Crippen molar-refractivity contribution < 1.29 is 22.3 Å². The molecule has 4 rings (SSSR count). The minimum atomic E-state index is -3.95. The van der Waals surface area contributed by atoms with Crippen molar-refractivity contribution in [2.45, 2.75) is 24.2 Å². The first-order valence-corrected chi connectivity index (χ1v) is 12.9. The first kappa shape index (κ1) is 23.7. The molecule has 2 aromatic carbocycles. The fourth-order valence-electron chi connectivity index (χ4n) is 4.32. The number of anilines is 1. The fraction of sp³-hybridized carbons (Fsp3) is 0.458. The van der Waals surface area contributed by atoms with Crippen molar-refractivity contribution in [2.75, 3.05) is 50.7 Å². The number of sulfonamides is 1. The number of para-hydroxylation sites is 1. The number of benzene rings is 2. The van der Waals surface area contributed by atoms with Crippen LogP contribution in [0.15, 0.2) is 53.4 Å². The van der Waals surface area contributed by atoms with E-state index in [2.05, 4.69) is 9.62 Å². The Morgan fingerprint density at radius 1 is 1.00 bits per heavy atom. The highest BCUT2D eigenvalue weighted by Crippen LogP contribution is 2.24. The number of piperidine rings is 1. The summed E-state index contributed by atoms with van der Waals surface area (Å²) in [6.45, 7) is 6.12. The van der Waals surface area contributed by atoms with Gasteiger partial charge < -0.3 is 9.64 Å². The molecule has 2 aromatic rings. The number of amides is 1. The molecule has 0 bridgehead atoms. The standard InChI is InChI=1S/C24H30FN3O4S/c25-22-3-1-2-4-23(22)26-33(30,31)21-7-5-20(6-8-21)24(29)28-13-10-19(11-14-28)9-12-27-15-17-32-18-16-27/h1-8,19,26H,9-18H2. The normalized spacial score (nSPS) is 18.3. The summed E-state index contributed by atoms with van der Waals surface area (Å²) in [6, 6.07) is 11.4. The van der Waals surface area contributed by atoms with Crippen LogP contribution in [0.4, 0.5) is 10.1 Å². The number of halogens is 1. The molecule has 0 aromatic heterocycles. The van der Waals surface area contributed by atoms with Crippen molar-refractivity contribution in [2.24, 2.45) is 5.92 Å². The van der Waals surface area contributed by atoms with Crippen LogP contribution in [0.2, 0.25) is 0 Å². The van der Waals surface area contributed by atoms with Gasteiger partial charge in [-0.15, -0.1) is 0 Å². The van der Waals surface area contributed by atoms with Crippen LogP contribution in [0.3, 0.4) is 0 Å². The second-order valence-electron chi connectivity index (χ2n) is 8.59. The average Bonchev–Trinajstić information content (AvgIpc) is 2.85. The minimum Gasteiger partial charge on any atom is -0.379 e. The second kappa shape index (κ2) is 10.6. The molecule has 0 unspecified atom stereocenters. The molecule has 0 atom stereocenters. The number of likely N-dealkylation sites (tertiary alicyclic amines) is 1. The Morgan fingerprint density at radius 2 is 1.67 bits per heavy atom. The molecule has 33 heavy (non-hydrogen) atoms. The highest BCUT2D eigenvalue weighted by Gasteiger charge is 2.25. The number of rotatable bonds is 7. The van der Waals surface area contributed by atoms with Crippen LogP contribution in [0.25, 0.3) is 0 Å². The lowest BCUT2D eigenvalue weighted by Gasteiger charge is -2.34. The van der Waals surface area contributed by atoms with Gasteiger partial charge in [-0.25, -0.2) is 12.8 Å². The highest BCUT2D eigenvalue weighted by molar-refractivity contribution is 7.92. The van der Waals surface area contributed by atoms with E-state index in [1.54, 1.807) is 6.07 Å². The number of nitrogens with one attached hydrogen (secondary N) is 1. The van der Waals surface area contributed by atoms with E-state index in [9.17, 15) is 17.6 Å². The van der Waals surface area contributed by atoms with E-state index in [-0.39, 0.29) is 16.5 Å². The summed E-state index contributed by atoms with van der Waals surface area (Å²) in [5.41, 5.74) is 0.334. The minimum absolute atomic E-state index is 0.0240. The van der Waals surface area contributed by atoms with Crippen molar-refractivity contribution >= 4 is 21.6 Å². The second-order valence-corrected chi connectivity index (χ2v) is 10.3. The summed E-state index contributed by atoms with van der Waals surface area (Å²) in [4.78, 5) is 17.2. The van der Waals surface area contributed by atoms with E-state index in [0.717, 1.165) is 52.1 Å². The Kier molecular flexibility index (Phi) is 7.62. The first-order chi connectivity index (χ1) is 15.9. The van der Waals surface area contributed by atoms with E-state index in [1.807, 2.05) is 4.90 Å². The van der Waals surface area contributed by atoms with Gasteiger partial charge in [0, 0.05) is 31.7 Å². The summed E-state index contributed by atoms with van der Waals surface area (Å²) >= 11 is 0. The summed E-state index contributed by atoms with van der Waals surface area (Å²) < 4.78 is 46.6. The Bertz CT molecular complexity index is 1050. The lowest BCUT2D eigenvalue weighted by atomic mass is 9.93. The molecule has 0 radical (unpaired) electrons. The van der Waals surface area contributed by atoms with Gasteiger partial charge >= 0.3 is 0 Å². The number of nitrogens with zero attached hydrogens (tertiary/aromatic N) is 2. The molecule has 2 heterocycles. The summed E-state index contributed by atoms with van der Waals surface area (Å²) in [5.74, 6) is -0.122. The zero-order valence-electron chi connectivity index (χ0n) is 18.6. The Balaban J connectivity index is 1.30. The average molecular weight is 476 g/mol. The molecule has 2 aliphatic heterocycles. The quantitative estimate of drug-likeness (QED) is 0.665. The van der Waals surface area contributed by atoms with Gasteiger partial charge in [0.2, 0.25) is 0 Å². The molecule has 1 N–H and O–H groups in total. The van der Waals surface area contributed by atoms with Gasteiger partial charge in [0.1, 0.15) is 5.82 Å². The van der Waals surface area contributed by atoms with Gasteiger partial charge in [-0.1, -0.05) is 12.1 Å². The van der Waals surface area contributed by atoms with E-state index < -0.39 is 15.8 Å². The molecule has 9 heteroatoms. The fourth-order valence-corrected chi connectivity index (χ4v) is 5.39. The molecule has 2 aliphatic rings. The topological polar surface area (TPSA) is 79.0 Å². The maximum atomic E-state index is 13.8. The molecular weight excluding hydrogens is 445 g/mol. The van der Waals surface area contributed by atoms with Gasteiger partial charge in [0.15, 0.2) is 0 Å². The van der Waals surface area contributed by atoms with Crippen LogP contribution in [-0.4, -0.2) is 70.1 Å². The number of hydrogen-bond acceptors (Lipinski definition) is 5. The first-order valence-electron chi connectivity index (χ1n) is 11.4. The third-order valence-corrected chi connectivity index (χ3v) is 7.77. The van der Waals surface area contributed by atoms with Crippen LogP contribution in [0.1, 0.15) is 29.6 Å². The predicted molar refractivity (Wildman–Crippen MR) is 124 cm³/mol. The number of hydrogen-bond donors (Lipinski definition) is 1. The van der Waals surface area contributed by atoms with Crippen LogP contribution in [0, 0.1) is 11.7 Å². The molecule has 2 fully saturated rings. The summed E-state index contributed by atoms with van der Waals surface area (Å²) in [7, 11) is -3.95. The van der Waals surface area contributed by atoms with E-state index in [0.29, 0.717) is 24.6 Å². The molecule has 1 amide bonds. The van der Waals surface area contributed by atoms with Crippen LogP contribution in [0.5, 0.6) is 0 Å². The van der Waals surface area contributed by atoms with Gasteiger partial charge in [-0.3, -0.25) is 14.4 Å². The molecule has 0 saturated carbocycles. The number of ether oxygens (including phenoxy) is 1. The molecule has 0 spiro atoms. The molecule has 2 saturated heterocycles. The lowest BCUT2D eigenvalue weighted by molar-refractivity contribution is 0.0332. The Morgan fingerprint density at radius 3 is 2.33 bits per heavy atom. The zero-order valence-corrected chi connectivity index (χ0v) is 19.4. The van der Waals surface area contributed by atoms with Crippen molar-refractivity contribution in [3.8, 4) is 0 Å². The SMILES string of the molecule is O=C(c1ccc(S(=O)(=O)Nc2ccccc2F)cc1)N1CCC(CCN2CCOCC2)CC1. The summed E-state index contributed by atoms with van der Waals surface area (Å²) in [6.07, 6.45) is 3.10. The van der Waals surface area contributed by atoms with Crippen molar-refractivity contribution in [1.29, 1.82) is 0 Å². The van der Waals surface area contributed by atoms with Crippen molar-refractivity contribution in [3.63, 3.8) is 0 Å². The number of morpholine rings is 1. The molecule has 7 nitrogen and oxygen atoms in total.